The lowest BCUT2D eigenvalue weighted by molar-refractivity contribution is 0.205. The number of nitrogens with two attached hydrogens (primary N) is 1. The molecule has 0 spiro atoms. The first kappa shape index (κ1) is 12.7. The molecule has 3 nitrogen and oxygen atoms in total. The van der Waals surface area contributed by atoms with Crippen LogP contribution in [-0.4, -0.2) is 11.2 Å². The first-order valence-electron chi connectivity index (χ1n) is 3.74. The molecule has 0 saturated carbocycles. The van der Waals surface area contributed by atoms with Crippen molar-refractivity contribution in [2.75, 3.05) is 0 Å². The smallest absolute Gasteiger partial charge is 0.402 e. The lowest BCUT2D eigenvalue weighted by atomic mass is 10.2. The predicted octanol–water partition coefficient (Wildman–Crippen LogP) is 2.38. The summed E-state index contributed by atoms with van der Waals surface area (Å²) in [7, 11) is 0. The fraction of sp³-hybridized carbons (Fsp3) is 0.625. The lowest BCUT2D eigenvalue weighted by Gasteiger charge is -1.83. The maximum absolute atomic E-state index is 8.78. The highest BCUT2D eigenvalue weighted by Crippen LogP contribution is 1.93. The summed E-state index contributed by atoms with van der Waals surface area (Å²) < 4.78 is 0. The number of unbranched alkanes of at least 4 members (excludes halogenated alkanes) is 2. The van der Waals surface area contributed by atoms with Crippen LogP contribution in [0.2, 0.25) is 0 Å². The van der Waals surface area contributed by atoms with E-state index in [0.29, 0.717) is 0 Å². The molecule has 0 aliphatic heterocycles. The zero-order valence-electron chi connectivity index (χ0n) is 7.21. The number of carboxylic acid groups (broad SMARTS) is 1. The highest BCUT2D eigenvalue weighted by Gasteiger charge is 1.73. The Morgan fingerprint density at radius 2 is 2.09 bits per heavy atom. The Hall–Kier alpha value is -0.990. The second kappa shape index (κ2) is 11.8. The number of allylic oxidation sites excluding steroid dienone is 2. The van der Waals surface area contributed by atoms with Gasteiger partial charge in [0.2, 0.25) is 0 Å². The Labute approximate surface area is 67.9 Å². The van der Waals surface area contributed by atoms with E-state index in [-0.39, 0.29) is 0 Å². The normalized spacial score (nSPS) is 8.91. The molecule has 0 fully saturated rings. The minimum Gasteiger partial charge on any atom is -0.465 e. The Bertz CT molecular complexity index is 107. The van der Waals surface area contributed by atoms with Crippen molar-refractivity contribution >= 4 is 6.09 Å². The summed E-state index contributed by atoms with van der Waals surface area (Å²) in [5, 5.41) is 7.19. The van der Waals surface area contributed by atoms with E-state index in [0.717, 1.165) is 0 Å². The molecule has 0 aromatic heterocycles. The Morgan fingerprint density at radius 3 is 2.36 bits per heavy atom. The summed E-state index contributed by atoms with van der Waals surface area (Å²) >= 11 is 0. The molecule has 3 heteroatoms. The molecule has 0 radical (unpaired) electrons. The molecule has 0 aliphatic carbocycles. The van der Waals surface area contributed by atoms with Crippen LogP contribution in [0.5, 0.6) is 0 Å². The second-order valence-corrected chi connectivity index (χ2v) is 2.05. The quantitative estimate of drug-likeness (QED) is 0.490. The van der Waals surface area contributed by atoms with Gasteiger partial charge in [0, 0.05) is 0 Å². The van der Waals surface area contributed by atoms with Crippen LogP contribution >= 0.6 is 0 Å². The number of carbonyl (C=O) groups is 1. The van der Waals surface area contributed by atoms with E-state index in [9.17, 15) is 0 Å². The third-order valence-corrected chi connectivity index (χ3v) is 0.960. The van der Waals surface area contributed by atoms with Crippen molar-refractivity contribution in [2.24, 2.45) is 5.73 Å². The van der Waals surface area contributed by atoms with Crippen molar-refractivity contribution in [1.82, 2.24) is 0 Å². The fourth-order valence-corrected chi connectivity index (χ4v) is 0.489. The lowest BCUT2D eigenvalue weighted by Crippen LogP contribution is -2.03. The van der Waals surface area contributed by atoms with Gasteiger partial charge in [0.15, 0.2) is 0 Å². The molecular weight excluding hydrogens is 142 g/mol. The van der Waals surface area contributed by atoms with Gasteiger partial charge in [-0.2, -0.15) is 0 Å². The Balaban J connectivity index is 0. The maximum Gasteiger partial charge on any atom is 0.402 e. The molecule has 0 aromatic carbocycles. The second-order valence-electron chi connectivity index (χ2n) is 2.05. The van der Waals surface area contributed by atoms with Crippen molar-refractivity contribution in [2.45, 2.75) is 33.1 Å². The molecule has 0 heterocycles. The first-order chi connectivity index (χ1) is 5.15. The highest BCUT2D eigenvalue weighted by atomic mass is 16.4. The van der Waals surface area contributed by atoms with Gasteiger partial charge < -0.3 is 10.8 Å². The molecule has 0 bridgehead atoms. The van der Waals surface area contributed by atoms with Crippen LogP contribution in [0.15, 0.2) is 12.2 Å². The van der Waals surface area contributed by atoms with Gasteiger partial charge in [-0.05, 0) is 13.3 Å². The summed E-state index contributed by atoms with van der Waals surface area (Å²) in [5.74, 6) is 0. The summed E-state index contributed by atoms with van der Waals surface area (Å²) in [6, 6.07) is 0. The summed E-state index contributed by atoms with van der Waals surface area (Å²) in [6.45, 7) is 4.28. The largest absolute Gasteiger partial charge is 0.465 e. The molecule has 0 atom stereocenters. The Kier molecular flexibility index (Phi) is 13.5. The summed E-state index contributed by atoms with van der Waals surface area (Å²) in [5.41, 5.74) is 4.03. The van der Waals surface area contributed by atoms with Gasteiger partial charge in [-0.1, -0.05) is 31.9 Å². The van der Waals surface area contributed by atoms with E-state index >= 15 is 0 Å². The van der Waals surface area contributed by atoms with E-state index in [2.05, 4.69) is 31.7 Å². The monoisotopic (exact) mass is 159 g/mol. The first-order valence-corrected chi connectivity index (χ1v) is 3.74. The van der Waals surface area contributed by atoms with Gasteiger partial charge in [0.1, 0.15) is 0 Å². The van der Waals surface area contributed by atoms with Crippen molar-refractivity contribution in [3.05, 3.63) is 12.2 Å². The molecular formula is C8H17NO2. The van der Waals surface area contributed by atoms with Crippen LogP contribution in [0.25, 0.3) is 0 Å². The highest BCUT2D eigenvalue weighted by molar-refractivity contribution is 5.61. The van der Waals surface area contributed by atoms with Crippen molar-refractivity contribution in [3.8, 4) is 0 Å². The van der Waals surface area contributed by atoms with Crippen LogP contribution in [0, 0.1) is 0 Å². The SMILES string of the molecule is CC=CCCCC.NC(=O)O. The molecule has 66 valence electrons. The Morgan fingerprint density at radius 1 is 1.64 bits per heavy atom. The van der Waals surface area contributed by atoms with Gasteiger partial charge in [0.05, 0.1) is 0 Å². The van der Waals surface area contributed by atoms with Gasteiger partial charge in [-0.25, -0.2) is 4.79 Å². The topological polar surface area (TPSA) is 63.3 Å². The van der Waals surface area contributed by atoms with Crippen LogP contribution < -0.4 is 5.73 Å². The third kappa shape index (κ3) is 48.9. The van der Waals surface area contributed by atoms with E-state index < -0.39 is 6.09 Å². The number of amides is 1. The molecule has 0 aromatic rings. The van der Waals surface area contributed by atoms with Crippen molar-refractivity contribution < 1.29 is 9.90 Å². The van der Waals surface area contributed by atoms with E-state index in [1.54, 1.807) is 0 Å². The summed E-state index contributed by atoms with van der Waals surface area (Å²) in [6.07, 6.45) is 6.89. The van der Waals surface area contributed by atoms with Gasteiger partial charge in [0.25, 0.3) is 0 Å². The van der Waals surface area contributed by atoms with Gasteiger partial charge in [-0.3, -0.25) is 0 Å². The molecule has 0 unspecified atom stereocenters. The van der Waals surface area contributed by atoms with Crippen molar-refractivity contribution in [3.63, 3.8) is 0 Å². The van der Waals surface area contributed by atoms with Crippen LogP contribution in [0.1, 0.15) is 33.1 Å². The van der Waals surface area contributed by atoms with Crippen molar-refractivity contribution in [1.29, 1.82) is 0 Å². The molecule has 0 aliphatic rings. The predicted molar refractivity (Wildman–Crippen MR) is 46.6 cm³/mol. The van der Waals surface area contributed by atoms with Crippen LogP contribution in [0.4, 0.5) is 4.79 Å². The number of hydrogen-bond donors (Lipinski definition) is 2. The van der Waals surface area contributed by atoms with E-state index in [1.165, 1.54) is 19.3 Å². The molecule has 0 saturated heterocycles. The van der Waals surface area contributed by atoms with Gasteiger partial charge in [-0.15, -0.1) is 0 Å². The minimum absolute atomic E-state index is 1.26. The molecule has 1 amide bonds. The number of rotatable bonds is 3. The molecule has 3 N–H and O–H groups in total. The maximum atomic E-state index is 8.78. The van der Waals surface area contributed by atoms with E-state index in [1.807, 2.05) is 0 Å². The van der Waals surface area contributed by atoms with Gasteiger partial charge >= 0.3 is 6.09 Å². The third-order valence-electron chi connectivity index (χ3n) is 0.960. The van der Waals surface area contributed by atoms with E-state index in [4.69, 9.17) is 9.90 Å². The number of primary amides is 1. The number of hydrogen-bond acceptors (Lipinski definition) is 1. The fourth-order valence-electron chi connectivity index (χ4n) is 0.489. The summed E-state index contributed by atoms with van der Waals surface area (Å²) in [4.78, 5) is 8.78. The molecule has 11 heavy (non-hydrogen) atoms. The molecule has 0 rings (SSSR count). The zero-order valence-corrected chi connectivity index (χ0v) is 7.21. The minimum atomic E-state index is -1.33. The standard InChI is InChI=1S/C7H14.CH3NO2/c1-3-5-7-6-4-2;2-1(3)4/h3,5H,4,6-7H2,1-2H3;2H2,(H,3,4). The average Bonchev–Trinajstić information content (AvgIpc) is 1.88. The average molecular weight is 159 g/mol. The van der Waals surface area contributed by atoms with Crippen LogP contribution in [-0.2, 0) is 0 Å². The zero-order chi connectivity index (χ0) is 9.11. The van der Waals surface area contributed by atoms with Crippen LogP contribution in [0.3, 0.4) is 0 Å².